The molecule has 1 aliphatic carbocycles. The Morgan fingerprint density at radius 1 is 1.00 bits per heavy atom. The molecule has 35 heavy (non-hydrogen) atoms. The lowest BCUT2D eigenvalue weighted by Gasteiger charge is -2.24. The molecule has 178 valence electrons. The van der Waals surface area contributed by atoms with Gasteiger partial charge in [0.2, 0.25) is 5.88 Å². The first-order valence-electron chi connectivity index (χ1n) is 11.7. The molecule has 0 amide bonds. The predicted molar refractivity (Wildman–Crippen MR) is 126 cm³/mol. The maximum absolute atomic E-state index is 13.0. The largest absolute Gasteiger partial charge is 0.473 e. The number of benzene rings is 2. The topological polar surface area (TPSA) is 93.3 Å². The molecule has 0 saturated heterocycles. The highest BCUT2D eigenvalue weighted by Gasteiger charge is 2.51. The van der Waals surface area contributed by atoms with Crippen LogP contribution in [0.15, 0.2) is 84.2 Å². The van der Waals surface area contributed by atoms with Gasteiger partial charge in [-0.2, -0.15) is 10.1 Å². The van der Waals surface area contributed by atoms with Gasteiger partial charge >= 0.3 is 5.69 Å². The van der Waals surface area contributed by atoms with Crippen molar-refractivity contribution in [2.75, 3.05) is 6.61 Å². The van der Waals surface area contributed by atoms with Crippen LogP contribution in [0, 0.1) is 5.92 Å². The van der Waals surface area contributed by atoms with Crippen molar-refractivity contribution < 1.29 is 14.2 Å². The van der Waals surface area contributed by atoms with Crippen LogP contribution in [0.1, 0.15) is 23.6 Å². The van der Waals surface area contributed by atoms with Gasteiger partial charge in [0, 0.05) is 12.0 Å². The number of aromatic nitrogens is 5. The Morgan fingerprint density at radius 3 is 2.46 bits per heavy atom. The summed E-state index contributed by atoms with van der Waals surface area (Å²) in [5, 5.41) is 4.07. The quantitative estimate of drug-likeness (QED) is 0.390. The highest BCUT2D eigenvalue weighted by Crippen LogP contribution is 2.45. The molecule has 1 saturated carbocycles. The standard InChI is InChI=1S/C26H25N5O4/c32-26-29-23(30-17-27-16-28-30)12-24-31(26)21-11-22(34-14-19-9-5-2-6-10-19)20(25(21)35-24)15-33-13-18-7-3-1-4-8-18/h1-10,12,16-17,20-22,25H,11,13-15H2/t20-,21+,22+,25-/m1/s1. The minimum atomic E-state index is -0.367. The fraction of sp³-hybridized carbons (Fsp3) is 0.308. The summed E-state index contributed by atoms with van der Waals surface area (Å²) in [5.74, 6) is 0.828. The molecular weight excluding hydrogens is 446 g/mol. The molecule has 1 aliphatic heterocycles. The second-order valence-corrected chi connectivity index (χ2v) is 8.83. The third kappa shape index (κ3) is 4.36. The van der Waals surface area contributed by atoms with E-state index in [4.69, 9.17) is 14.2 Å². The summed E-state index contributed by atoms with van der Waals surface area (Å²) in [4.78, 5) is 21.1. The van der Waals surface area contributed by atoms with Crippen molar-refractivity contribution in [3.8, 4) is 11.7 Å². The van der Waals surface area contributed by atoms with Crippen molar-refractivity contribution in [2.24, 2.45) is 5.92 Å². The lowest BCUT2D eigenvalue weighted by atomic mass is 10.0. The number of hydrogen-bond donors (Lipinski definition) is 0. The second-order valence-electron chi connectivity index (χ2n) is 8.83. The molecule has 1 fully saturated rings. The maximum atomic E-state index is 13.0. The summed E-state index contributed by atoms with van der Waals surface area (Å²) < 4.78 is 21.9. The van der Waals surface area contributed by atoms with E-state index >= 15 is 0 Å². The van der Waals surface area contributed by atoms with Crippen molar-refractivity contribution >= 4 is 0 Å². The normalized spacial score (nSPS) is 22.5. The molecule has 9 nitrogen and oxygen atoms in total. The van der Waals surface area contributed by atoms with Gasteiger partial charge in [-0.05, 0) is 17.5 Å². The van der Waals surface area contributed by atoms with Crippen LogP contribution < -0.4 is 10.4 Å². The molecule has 0 spiro atoms. The SMILES string of the molecule is O=c1nc(-n2cncn2)cc2n1[C@H]1C[C@H](OCc3ccccc3)[C@@H](COCc3ccccc3)[C@H]1O2. The zero-order chi connectivity index (χ0) is 23.6. The summed E-state index contributed by atoms with van der Waals surface area (Å²) in [6.45, 7) is 1.46. The fourth-order valence-electron chi connectivity index (χ4n) is 4.96. The molecule has 0 bridgehead atoms. The van der Waals surface area contributed by atoms with Crippen LogP contribution in [0.3, 0.4) is 0 Å². The van der Waals surface area contributed by atoms with Gasteiger partial charge in [-0.15, -0.1) is 0 Å². The summed E-state index contributed by atoms with van der Waals surface area (Å²) in [6, 6.07) is 21.7. The second kappa shape index (κ2) is 9.44. The molecular formula is C26H25N5O4. The van der Waals surface area contributed by atoms with E-state index in [1.165, 1.54) is 17.3 Å². The molecule has 9 heteroatoms. The predicted octanol–water partition coefficient (Wildman–Crippen LogP) is 2.95. The van der Waals surface area contributed by atoms with E-state index in [-0.39, 0.29) is 29.9 Å². The summed E-state index contributed by atoms with van der Waals surface area (Å²) in [7, 11) is 0. The van der Waals surface area contributed by atoms with E-state index in [1.54, 1.807) is 10.6 Å². The first kappa shape index (κ1) is 21.7. The third-order valence-electron chi connectivity index (χ3n) is 6.63. The Hall–Kier alpha value is -3.82. The molecule has 6 rings (SSSR count). The van der Waals surface area contributed by atoms with E-state index in [2.05, 4.69) is 15.1 Å². The van der Waals surface area contributed by atoms with Crippen LogP contribution in [0.5, 0.6) is 5.88 Å². The van der Waals surface area contributed by atoms with Crippen molar-refractivity contribution in [2.45, 2.75) is 37.9 Å². The molecule has 4 atom stereocenters. The van der Waals surface area contributed by atoms with Gasteiger partial charge in [-0.1, -0.05) is 60.7 Å². The molecule has 3 heterocycles. The Bertz CT molecular complexity index is 1330. The minimum Gasteiger partial charge on any atom is -0.473 e. The van der Waals surface area contributed by atoms with Gasteiger partial charge in [0.15, 0.2) is 5.82 Å². The number of fused-ring (bicyclic) bond motifs is 3. The van der Waals surface area contributed by atoms with Crippen LogP contribution >= 0.6 is 0 Å². The van der Waals surface area contributed by atoms with E-state index in [1.807, 2.05) is 60.7 Å². The van der Waals surface area contributed by atoms with Gasteiger partial charge in [0.25, 0.3) is 0 Å². The Balaban J connectivity index is 1.23. The van der Waals surface area contributed by atoms with Gasteiger partial charge in [0.05, 0.1) is 32.0 Å². The van der Waals surface area contributed by atoms with Gasteiger partial charge in [-0.25, -0.2) is 14.5 Å². The molecule has 2 aromatic carbocycles. The average molecular weight is 472 g/mol. The Kier molecular flexibility index (Phi) is 5.85. The van der Waals surface area contributed by atoms with Crippen LogP contribution in [0.2, 0.25) is 0 Å². The molecule has 0 N–H and O–H groups in total. The van der Waals surface area contributed by atoms with Crippen molar-refractivity contribution in [3.05, 3.63) is 101 Å². The lowest BCUT2D eigenvalue weighted by molar-refractivity contribution is -0.0406. The van der Waals surface area contributed by atoms with Crippen molar-refractivity contribution in [1.29, 1.82) is 0 Å². The van der Waals surface area contributed by atoms with E-state index < -0.39 is 0 Å². The monoisotopic (exact) mass is 471 g/mol. The van der Waals surface area contributed by atoms with Crippen LogP contribution in [0.4, 0.5) is 0 Å². The smallest absolute Gasteiger partial charge is 0.352 e. The third-order valence-corrected chi connectivity index (χ3v) is 6.63. The number of nitrogens with zero attached hydrogens (tertiary/aromatic N) is 5. The van der Waals surface area contributed by atoms with Gasteiger partial charge in [-0.3, -0.25) is 4.57 Å². The Labute approximate surface area is 201 Å². The van der Waals surface area contributed by atoms with Crippen LogP contribution in [-0.4, -0.2) is 43.1 Å². The van der Waals surface area contributed by atoms with Gasteiger partial charge < -0.3 is 14.2 Å². The Morgan fingerprint density at radius 2 is 1.74 bits per heavy atom. The lowest BCUT2D eigenvalue weighted by Crippen LogP contribution is -2.33. The first-order chi connectivity index (χ1) is 17.3. The van der Waals surface area contributed by atoms with Gasteiger partial charge in [0.1, 0.15) is 18.8 Å². The molecule has 0 unspecified atom stereocenters. The minimum absolute atomic E-state index is 0.0402. The number of hydrogen-bond acceptors (Lipinski definition) is 7. The average Bonchev–Trinajstić information content (AvgIpc) is 3.61. The maximum Gasteiger partial charge on any atom is 0.352 e. The summed E-state index contributed by atoms with van der Waals surface area (Å²) in [6.07, 6.45) is 3.19. The first-order valence-corrected chi connectivity index (χ1v) is 11.7. The summed E-state index contributed by atoms with van der Waals surface area (Å²) in [5.41, 5.74) is 1.84. The molecule has 2 aromatic heterocycles. The van der Waals surface area contributed by atoms with Crippen molar-refractivity contribution in [1.82, 2.24) is 24.3 Å². The fourth-order valence-corrected chi connectivity index (χ4v) is 4.96. The highest BCUT2D eigenvalue weighted by atomic mass is 16.5. The van der Waals surface area contributed by atoms with Crippen LogP contribution in [0.25, 0.3) is 5.82 Å². The molecule has 4 aromatic rings. The molecule has 2 aliphatic rings. The van der Waals surface area contributed by atoms with E-state index in [0.29, 0.717) is 37.9 Å². The van der Waals surface area contributed by atoms with Crippen LogP contribution in [-0.2, 0) is 22.7 Å². The summed E-state index contributed by atoms with van der Waals surface area (Å²) >= 11 is 0. The van der Waals surface area contributed by atoms with E-state index in [0.717, 1.165) is 11.1 Å². The van der Waals surface area contributed by atoms with E-state index in [9.17, 15) is 4.79 Å². The zero-order valence-electron chi connectivity index (χ0n) is 19.0. The zero-order valence-corrected chi connectivity index (χ0v) is 19.0. The van der Waals surface area contributed by atoms with Crippen molar-refractivity contribution in [3.63, 3.8) is 0 Å². The number of ether oxygens (including phenoxy) is 3. The molecule has 0 radical (unpaired) electrons. The number of rotatable bonds is 8. The highest BCUT2D eigenvalue weighted by molar-refractivity contribution is 5.30.